The third-order valence-electron chi connectivity index (χ3n) is 2.05. The smallest absolute Gasteiger partial charge is 0.362 e. The fraction of sp³-hybridized carbons (Fsp3) is 0.333. The van der Waals surface area contributed by atoms with Gasteiger partial charge in [-0.2, -0.15) is 0 Å². The summed E-state index contributed by atoms with van der Waals surface area (Å²) in [6, 6.07) is 3.79. The van der Waals surface area contributed by atoms with Crippen LogP contribution in [-0.4, -0.2) is 19.3 Å². The number of aliphatic hydroxyl groups excluding tert-OH is 1. The summed E-state index contributed by atoms with van der Waals surface area (Å²) in [5.41, 5.74) is 0.250. The molecule has 0 amide bonds. The van der Waals surface area contributed by atoms with E-state index in [4.69, 9.17) is 0 Å². The van der Waals surface area contributed by atoms with Gasteiger partial charge in [-0.15, -0.1) is 0 Å². The number of hydrogen-bond donors (Lipinski definition) is 1. The van der Waals surface area contributed by atoms with Gasteiger partial charge in [-0.1, -0.05) is 6.07 Å². The number of halogens is 2. The van der Waals surface area contributed by atoms with Crippen LogP contribution in [0.15, 0.2) is 22.7 Å². The van der Waals surface area contributed by atoms with Crippen molar-refractivity contribution in [2.24, 2.45) is 0 Å². The zero-order valence-corrected chi connectivity index (χ0v) is 11.2. The van der Waals surface area contributed by atoms with Crippen LogP contribution in [0.5, 0.6) is 0 Å². The van der Waals surface area contributed by atoms with Gasteiger partial charge in [0.05, 0.1) is 4.47 Å². The molecule has 16 heavy (non-hydrogen) atoms. The highest BCUT2D eigenvalue weighted by Gasteiger charge is 2.33. The van der Waals surface area contributed by atoms with E-state index in [0.717, 1.165) is 6.07 Å². The zero-order chi connectivity index (χ0) is 12.3. The molecule has 0 aliphatic rings. The Morgan fingerprint density at radius 2 is 2.00 bits per heavy atom. The SMILES string of the molecule is COP(=O)(OC)C(O)c1ccc(F)c(Br)c1. The highest BCUT2D eigenvalue weighted by molar-refractivity contribution is 9.10. The molecule has 0 radical (unpaired) electrons. The van der Waals surface area contributed by atoms with Crippen molar-refractivity contribution in [3.63, 3.8) is 0 Å². The molecule has 1 N–H and O–H groups in total. The Bertz CT molecular complexity index is 418. The third-order valence-corrected chi connectivity index (χ3v) is 4.57. The van der Waals surface area contributed by atoms with Crippen LogP contribution in [0.2, 0.25) is 0 Å². The van der Waals surface area contributed by atoms with Crippen molar-refractivity contribution in [3.8, 4) is 0 Å². The maximum atomic E-state index is 13.0. The summed E-state index contributed by atoms with van der Waals surface area (Å²) in [7, 11) is -1.27. The Labute approximate surface area is 101 Å². The first-order valence-electron chi connectivity index (χ1n) is 4.29. The van der Waals surface area contributed by atoms with Crippen molar-refractivity contribution in [2.45, 2.75) is 5.85 Å². The van der Waals surface area contributed by atoms with Crippen LogP contribution in [0.4, 0.5) is 4.39 Å². The van der Waals surface area contributed by atoms with Crippen LogP contribution in [0, 0.1) is 5.82 Å². The average Bonchev–Trinajstić information content (AvgIpc) is 2.30. The fourth-order valence-electron chi connectivity index (χ4n) is 1.13. The number of aliphatic hydroxyl groups is 1. The van der Waals surface area contributed by atoms with E-state index in [1.807, 2.05) is 0 Å². The Morgan fingerprint density at radius 3 is 2.44 bits per heavy atom. The summed E-state index contributed by atoms with van der Waals surface area (Å²) in [5.74, 6) is -1.92. The molecule has 0 aliphatic heterocycles. The Balaban J connectivity index is 3.09. The van der Waals surface area contributed by atoms with Gasteiger partial charge < -0.3 is 14.2 Å². The van der Waals surface area contributed by atoms with Crippen molar-refractivity contribution in [2.75, 3.05) is 14.2 Å². The molecule has 0 aromatic heterocycles. The number of rotatable bonds is 4. The second-order valence-corrected chi connectivity index (χ2v) is 6.11. The number of hydrogen-bond acceptors (Lipinski definition) is 4. The minimum Gasteiger partial charge on any atom is -0.376 e. The second-order valence-electron chi connectivity index (χ2n) is 2.95. The zero-order valence-electron chi connectivity index (χ0n) is 8.68. The molecule has 1 atom stereocenters. The van der Waals surface area contributed by atoms with Crippen molar-refractivity contribution < 1.29 is 23.1 Å². The van der Waals surface area contributed by atoms with Crippen LogP contribution >= 0.6 is 23.5 Å². The largest absolute Gasteiger partial charge is 0.376 e. The minimum atomic E-state index is -3.62. The van der Waals surface area contributed by atoms with Crippen LogP contribution < -0.4 is 0 Å². The van der Waals surface area contributed by atoms with E-state index >= 15 is 0 Å². The monoisotopic (exact) mass is 312 g/mol. The Kier molecular flexibility index (Phi) is 4.64. The van der Waals surface area contributed by atoms with Crippen molar-refractivity contribution in [1.29, 1.82) is 0 Å². The molecule has 0 fully saturated rings. The molecule has 1 aromatic carbocycles. The van der Waals surface area contributed by atoms with E-state index in [1.54, 1.807) is 0 Å². The van der Waals surface area contributed by atoms with Crippen LogP contribution in [0.25, 0.3) is 0 Å². The summed E-state index contributed by atoms with van der Waals surface area (Å²) in [6.07, 6.45) is 0. The predicted octanol–water partition coefficient (Wildman–Crippen LogP) is 3.07. The van der Waals surface area contributed by atoms with Crippen molar-refractivity contribution >= 4 is 23.5 Å². The Hall–Kier alpha value is -0.260. The first kappa shape index (κ1) is 13.8. The van der Waals surface area contributed by atoms with E-state index in [1.165, 1.54) is 26.4 Å². The molecule has 0 spiro atoms. The van der Waals surface area contributed by atoms with E-state index in [0.29, 0.717) is 0 Å². The third kappa shape index (κ3) is 2.70. The minimum absolute atomic E-state index is 0.169. The summed E-state index contributed by atoms with van der Waals surface area (Å²) in [5, 5.41) is 9.80. The summed E-state index contributed by atoms with van der Waals surface area (Å²) < 4.78 is 34.3. The molecule has 0 bridgehead atoms. The summed E-state index contributed by atoms with van der Waals surface area (Å²) >= 11 is 2.97. The van der Waals surface area contributed by atoms with Gasteiger partial charge in [0.15, 0.2) is 5.85 Å². The molecule has 7 heteroatoms. The van der Waals surface area contributed by atoms with E-state index in [9.17, 15) is 14.1 Å². The molecule has 1 unspecified atom stereocenters. The molecule has 0 saturated carbocycles. The van der Waals surface area contributed by atoms with E-state index < -0.39 is 19.3 Å². The molecule has 0 heterocycles. The highest BCUT2D eigenvalue weighted by Crippen LogP contribution is 2.58. The Morgan fingerprint density at radius 1 is 1.44 bits per heavy atom. The average molecular weight is 313 g/mol. The lowest BCUT2D eigenvalue weighted by Crippen LogP contribution is -2.03. The van der Waals surface area contributed by atoms with Crippen molar-refractivity contribution in [3.05, 3.63) is 34.1 Å². The van der Waals surface area contributed by atoms with Gasteiger partial charge in [0.25, 0.3) is 0 Å². The van der Waals surface area contributed by atoms with Gasteiger partial charge >= 0.3 is 7.60 Å². The lowest BCUT2D eigenvalue weighted by atomic mass is 10.2. The molecular formula is C9H11BrFO4P. The maximum Gasteiger partial charge on any atom is 0.362 e. The van der Waals surface area contributed by atoms with Gasteiger partial charge in [-0.3, -0.25) is 4.57 Å². The first-order valence-corrected chi connectivity index (χ1v) is 6.69. The standard InChI is InChI=1S/C9H11BrFO4P/c1-14-16(13,15-2)9(12)6-3-4-8(11)7(10)5-6/h3-5,9,12H,1-2H3. The topological polar surface area (TPSA) is 55.8 Å². The number of benzene rings is 1. The molecule has 0 aliphatic carbocycles. The molecule has 1 aromatic rings. The molecule has 1 rings (SSSR count). The molecule has 4 nitrogen and oxygen atoms in total. The normalized spacial score (nSPS) is 13.8. The van der Waals surface area contributed by atoms with Crippen LogP contribution in [0.3, 0.4) is 0 Å². The summed E-state index contributed by atoms with van der Waals surface area (Å²) in [4.78, 5) is 0. The lowest BCUT2D eigenvalue weighted by Gasteiger charge is -2.20. The maximum absolute atomic E-state index is 13.0. The van der Waals surface area contributed by atoms with Gasteiger partial charge in [-0.25, -0.2) is 4.39 Å². The lowest BCUT2D eigenvalue weighted by molar-refractivity contribution is 0.176. The van der Waals surface area contributed by atoms with Crippen LogP contribution in [-0.2, 0) is 13.6 Å². The van der Waals surface area contributed by atoms with Crippen molar-refractivity contribution in [1.82, 2.24) is 0 Å². The van der Waals surface area contributed by atoms with Crippen LogP contribution in [0.1, 0.15) is 11.4 Å². The second kappa shape index (κ2) is 5.38. The fourth-order valence-corrected chi connectivity index (χ4v) is 2.60. The van der Waals surface area contributed by atoms with Gasteiger partial charge in [-0.05, 0) is 33.6 Å². The van der Waals surface area contributed by atoms with Gasteiger partial charge in [0.2, 0.25) is 0 Å². The van der Waals surface area contributed by atoms with E-state index in [-0.39, 0.29) is 10.0 Å². The molecule has 90 valence electrons. The quantitative estimate of drug-likeness (QED) is 0.868. The molecular weight excluding hydrogens is 302 g/mol. The van der Waals surface area contributed by atoms with E-state index in [2.05, 4.69) is 25.0 Å². The highest BCUT2D eigenvalue weighted by atomic mass is 79.9. The predicted molar refractivity (Wildman–Crippen MR) is 60.7 cm³/mol. The van der Waals surface area contributed by atoms with Gasteiger partial charge in [0, 0.05) is 14.2 Å². The summed E-state index contributed by atoms with van der Waals surface area (Å²) in [6.45, 7) is 0. The first-order chi connectivity index (χ1) is 7.44. The van der Waals surface area contributed by atoms with Gasteiger partial charge in [0.1, 0.15) is 5.82 Å². The molecule has 0 saturated heterocycles.